The lowest BCUT2D eigenvalue weighted by Gasteiger charge is -1.96. The summed E-state index contributed by atoms with van der Waals surface area (Å²) >= 11 is 0. The van der Waals surface area contributed by atoms with E-state index in [1.54, 1.807) is 20.9 Å². The highest BCUT2D eigenvalue weighted by Crippen LogP contribution is 1.78. The third-order valence-corrected chi connectivity index (χ3v) is 0.722. The molecule has 0 saturated carbocycles. The number of amides is 1. The van der Waals surface area contributed by atoms with Gasteiger partial charge in [-0.25, -0.2) is 0 Å². The minimum atomic E-state index is -0.176. The fourth-order valence-corrected chi connectivity index (χ4v) is 0.292. The number of rotatable bonds is 3. The molecule has 10 heavy (non-hydrogen) atoms. The van der Waals surface area contributed by atoms with Crippen molar-refractivity contribution in [1.82, 2.24) is 5.32 Å². The maximum Gasteiger partial charge on any atom is 0.260 e. The molecule has 0 fully saturated rings. The Balaban J connectivity index is 3.37. The van der Waals surface area contributed by atoms with E-state index < -0.39 is 0 Å². The molecule has 0 heterocycles. The largest absolute Gasteiger partial charge is 0.386 e. The van der Waals surface area contributed by atoms with Crippen LogP contribution in [0.3, 0.4) is 0 Å². The van der Waals surface area contributed by atoms with Gasteiger partial charge < -0.3 is 10.2 Å². The molecule has 0 saturated heterocycles. The van der Waals surface area contributed by atoms with Gasteiger partial charge in [-0.05, 0) is 13.8 Å². The van der Waals surface area contributed by atoms with Crippen LogP contribution < -0.4 is 5.32 Å². The number of hydrogen-bond donors (Lipinski definition) is 1. The number of nitrogens with one attached hydrogen (secondary N) is 1. The summed E-state index contributed by atoms with van der Waals surface area (Å²) in [5.74, 6) is -0.176. The number of nitrogens with zero attached hydrogens (tertiary/aromatic N) is 1. The molecule has 0 aliphatic carbocycles. The van der Waals surface area contributed by atoms with Crippen LogP contribution in [0.5, 0.6) is 0 Å². The maximum atomic E-state index is 10.5. The van der Waals surface area contributed by atoms with Gasteiger partial charge in [-0.15, -0.1) is 0 Å². The molecule has 0 aliphatic heterocycles. The summed E-state index contributed by atoms with van der Waals surface area (Å²) in [6.07, 6.45) is 0. The van der Waals surface area contributed by atoms with Crippen molar-refractivity contribution >= 4 is 11.6 Å². The first-order valence-corrected chi connectivity index (χ1v) is 3.00. The minimum absolute atomic E-state index is 0.0122. The quantitative estimate of drug-likeness (QED) is 0.452. The van der Waals surface area contributed by atoms with E-state index in [1.165, 1.54) is 0 Å². The van der Waals surface area contributed by atoms with Crippen molar-refractivity contribution < 1.29 is 9.63 Å². The first kappa shape index (κ1) is 8.94. The lowest BCUT2D eigenvalue weighted by Crippen LogP contribution is -2.22. The molecule has 0 aromatic rings. The molecule has 0 radical (unpaired) electrons. The summed E-state index contributed by atoms with van der Waals surface area (Å²) in [5.41, 5.74) is 0.795. The standard InChI is InChI=1S/C6H12N2O2/c1-5(2)8-10-4-6(9)7-3/h4H2,1-3H3,(H,7,9). The summed E-state index contributed by atoms with van der Waals surface area (Å²) in [5, 5.41) is 5.97. The van der Waals surface area contributed by atoms with Crippen LogP contribution in [-0.4, -0.2) is 25.3 Å². The number of carbonyl (C=O) groups excluding carboxylic acids is 1. The van der Waals surface area contributed by atoms with Gasteiger partial charge in [-0.3, -0.25) is 4.79 Å². The Kier molecular flexibility index (Phi) is 4.28. The second-order valence-electron chi connectivity index (χ2n) is 1.99. The average molecular weight is 144 g/mol. The molecular weight excluding hydrogens is 132 g/mol. The monoisotopic (exact) mass is 144 g/mol. The Hall–Kier alpha value is -1.06. The smallest absolute Gasteiger partial charge is 0.260 e. The van der Waals surface area contributed by atoms with Crippen LogP contribution in [0.2, 0.25) is 0 Å². The van der Waals surface area contributed by atoms with Gasteiger partial charge in [0.2, 0.25) is 0 Å². The van der Waals surface area contributed by atoms with Crippen molar-refractivity contribution in [3.63, 3.8) is 0 Å². The van der Waals surface area contributed by atoms with Gasteiger partial charge in [0.05, 0.1) is 5.71 Å². The summed E-state index contributed by atoms with van der Waals surface area (Å²) in [7, 11) is 1.55. The van der Waals surface area contributed by atoms with Crippen LogP contribution in [0.15, 0.2) is 5.16 Å². The van der Waals surface area contributed by atoms with Crippen LogP contribution in [0.4, 0.5) is 0 Å². The van der Waals surface area contributed by atoms with Crippen molar-refractivity contribution in [2.24, 2.45) is 5.16 Å². The molecule has 4 nitrogen and oxygen atoms in total. The van der Waals surface area contributed by atoms with E-state index in [9.17, 15) is 4.79 Å². The first-order valence-electron chi connectivity index (χ1n) is 3.00. The van der Waals surface area contributed by atoms with E-state index in [0.717, 1.165) is 5.71 Å². The molecule has 0 spiro atoms. The van der Waals surface area contributed by atoms with Gasteiger partial charge in [0, 0.05) is 7.05 Å². The maximum absolute atomic E-state index is 10.5. The zero-order chi connectivity index (χ0) is 7.98. The lowest BCUT2D eigenvalue weighted by molar-refractivity contribution is -0.125. The molecule has 1 N–H and O–H groups in total. The molecule has 0 atom stereocenters. The minimum Gasteiger partial charge on any atom is -0.386 e. The third kappa shape index (κ3) is 5.08. The zero-order valence-electron chi connectivity index (χ0n) is 6.47. The molecule has 0 aromatic carbocycles. The van der Waals surface area contributed by atoms with Crippen molar-refractivity contribution in [2.45, 2.75) is 13.8 Å². The molecule has 0 aliphatic rings. The molecule has 0 rings (SSSR count). The van der Waals surface area contributed by atoms with Gasteiger partial charge >= 0.3 is 0 Å². The van der Waals surface area contributed by atoms with Crippen molar-refractivity contribution in [3.8, 4) is 0 Å². The summed E-state index contributed by atoms with van der Waals surface area (Å²) in [4.78, 5) is 15.1. The average Bonchev–Trinajstić information content (AvgIpc) is 1.87. The van der Waals surface area contributed by atoms with Crippen LogP contribution in [0, 0.1) is 0 Å². The van der Waals surface area contributed by atoms with Gasteiger partial charge in [0.1, 0.15) is 0 Å². The van der Waals surface area contributed by atoms with Crippen molar-refractivity contribution in [2.75, 3.05) is 13.7 Å². The molecule has 0 aromatic heterocycles. The Morgan fingerprint density at radius 3 is 2.60 bits per heavy atom. The fraction of sp³-hybridized carbons (Fsp3) is 0.667. The highest BCUT2D eigenvalue weighted by molar-refractivity contribution is 5.79. The van der Waals surface area contributed by atoms with E-state index in [2.05, 4.69) is 15.3 Å². The number of oxime groups is 1. The van der Waals surface area contributed by atoms with E-state index in [1.807, 2.05) is 0 Å². The predicted octanol–water partition coefficient (Wildman–Crippen LogP) is 0.145. The number of carbonyl (C=O) groups is 1. The van der Waals surface area contributed by atoms with Crippen molar-refractivity contribution in [3.05, 3.63) is 0 Å². The summed E-state index contributed by atoms with van der Waals surface area (Å²) in [6.45, 7) is 3.58. The molecule has 0 bridgehead atoms. The second kappa shape index (κ2) is 4.78. The number of likely N-dealkylation sites (N-methyl/N-ethyl adjacent to an activating group) is 1. The Morgan fingerprint density at radius 1 is 1.60 bits per heavy atom. The highest BCUT2D eigenvalue weighted by Gasteiger charge is 1.94. The Labute approximate surface area is 60.2 Å². The zero-order valence-corrected chi connectivity index (χ0v) is 6.47. The predicted molar refractivity (Wildman–Crippen MR) is 38.8 cm³/mol. The van der Waals surface area contributed by atoms with Gasteiger partial charge in [0.15, 0.2) is 6.61 Å². The summed E-state index contributed by atoms with van der Waals surface area (Å²) in [6, 6.07) is 0. The highest BCUT2D eigenvalue weighted by atomic mass is 16.6. The van der Waals surface area contributed by atoms with Crippen LogP contribution in [0.25, 0.3) is 0 Å². The normalized spacial score (nSPS) is 8.30. The van der Waals surface area contributed by atoms with E-state index in [4.69, 9.17) is 0 Å². The lowest BCUT2D eigenvalue weighted by atomic mass is 10.5. The van der Waals surface area contributed by atoms with E-state index >= 15 is 0 Å². The SMILES string of the molecule is CNC(=O)CON=C(C)C. The van der Waals surface area contributed by atoms with Gasteiger partial charge in [-0.2, -0.15) is 0 Å². The van der Waals surface area contributed by atoms with Crippen LogP contribution >= 0.6 is 0 Å². The van der Waals surface area contributed by atoms with Gasteiger partial charge in [0.25, 0.3) is 5.91 Å². The van der Waals surface area contributed by atoms with E-state index in [0.29, 0.717) is 0 Å². The Bertz CT molecular complexity index is 139. The fourth-order valence-electron chi connectivity index (χ4n) is 0.292. The Morgan fingerprint density at radius 2 is 2.20 bits per heavy atom. The second-order valence-corrected chi connectivity index (χ2v) is 1.99. The van der Waals surface area contributed by atoms with Crippen molar-refractivity contribution in [1.29, 1.82) is 0 Å². The van der Waals surface area contributed by atoms with E-state index in [-0.39, 0.29) is 12.5 Å². The first-order chi connectivity index (χ1) is 4.66. The molecule has 0 unspecified atom stereocenters. The third-order valence-electron chi connectivity index (χ3n) is 0.722. The molecule has 4 heteroatoms. The van der Waals surface area contributed by atoms with Crippen LogP contribution in [-0.2, 0) is 9.63 Å². The number of hydrogen-bond acceptors (Lipinski definition) is 3. The molecule has 1 amide bonds. The summed E-state index contributed by atoms with van der Waals surface area (Å²) < 4.78 is 0. The van der Waals surface area contributed by atoms with Crippen LogP contribution in [0.1, 0.15) is 13.8 Å². The topological polar surface area (TPSA) is 50.7 Å². The molecule has 58 valence electrons. The molecular formula is C6H12N2O2. The van der Waals surface area contributed by atoms with Gasteiger partial charge in [-0.1, -0.05) is 5.16 Å².